The quantitative estimate of drug-likeness (QED) is 0.111. The standard InChI is InChI=1S/C36H61NO6S2Si2/c1-10-46(11-2,12-3)42-32(29-26-40-36(7,8)41-29)33(43-47(13-4,14-5)15-6)30(35-44-24-19-25-45-35)37-28(31(39-9)34(37)38)23-22-27-20-17-16-18-21-27/h16-18,20-23,28-33,35H,10-15,19,24-26H2,1-9H3/b23-22+/t28-,29+,30+,31+,32+,33+/m0/s1. The molecule has 3 aliphatic heterocycles. The molecule has 11 heteroatoms. The highest BCUT2D eigenvalue weighted by atomic mass is 32.2. The maximum atomic E-state index is 14.3. The van der Waals surface area contributed by atoms with Gasteiger partial charge < -0.3 is 28.0 Å². The van der Waals surface area contributed by atoms with Crippen molar-refractivity contribution in [2.45, 2.75) is 145 Å². The Bertz CT molecular complexity index is 1130. The summed E-state index contributed by atoms with van der Waals surface area (Å²) in [6.45, 7) is 18.1. The van der Waals surface area contributed by atoms with Crippen molar-refractivity contribution in [1.82, 2.24) is 4.90 Å². The number of benzene rings is 1. The zero-order chi connectivity index (χ0) is 34.2. The SMILES string of the molecule is CC[Si](CC)(CC)O[C@@H]([C@H](O[Si](CC)(CC)CC)[C@H](C1SCCCS1)N1C(=O)[C@H](OC)[C@@H]1/C=C/c1ccccc1)[C@H]1COC(C)(C)O1. The molecule has 1 aromatic rings. The van der Waals surface area contributed by atoms with Crippen molar-refractivity contribution in [2.24, 2.45) is 0 Å². The molecule has 0 N–H and O–H groups in total. The summed E-state index contributed by atoms with van der Waals surface area (Å²) < 4.78 is 34.3. The highest BCUT2D eigenvalue weighted by Gasteiger charge is 2.58. The second-order valence-electron chi connectivity index (χ2n) is 13.6. The van der Waals surface area contributed by atoms with Gasteiger partial charge in [0.05, 0.1) is 29.4 Å². The Morgan fingerprint density at radius 2 is 1.51 bits per heavy atom. The Balaban J connectivity index is 1.90. The van der Waals surface area contributed by atoms with E-state index in [4.69, 9.17) is 23.1 Å². The van der Waals surface area contributed by atoms with Gasteiger partial charge in [-0.1, -0.05) is 84.0 Å². The number of hydrogen-bond acceptors (Lipinski definition) is 8. The first-order valence-electron chi connectivity index (χ1n) is 18.0. The molecule has 3 saturated heterocycles. The molecule has 0 saturated carbocycles. The number of β-lactam (4-membered cyclic amide) rings is 1. The van der Waals surface area contributed by atoms with Gasteiger partial charge in [-0.15, -0.1) is 23.5 Å². The monoisotopic (exact) mass is 723 g/mol. The van der Waals surface area contributed by atoms with E-state index in [9.17, 15) is 4.79 Å². The molecular formula is C36H61NO6S2Si2. The van der Waals surface area contributed by atoms with Crippen LogP contribution in [-0.4, -0.2) is 99.5 Å². The zero-order valence-corrected chi connectivity index (χ0v) is 34.0. The van der Waals surface area contributed by atoms with E-state index in [2.05, 4.69) is 70.7 Å². The van der Waals surface area contributed by atoms with E-state index in [1.807, 2.05) is 55.6 Å². The zero-order valence-electron chi connectivity index (χ0n) is 30.4. The van der Waals surface area contributed by atoms with Crippen LogP contribution in [0.1, 0.15) is 67.4 Å². The molecule has 1 aromatic carbocycles. The van der Waals surface area contributed by atoms with Gasteiger partial charge in [0.2, 0.25) is 0 Å². The minimum Gasteiger partial charge on any atom is -0.409 e. The van der Waals surface area contributed by atoms with Gasteiger partial charge in [-0.3, -0.25) is 4.79 Å². The first-order valence-corrected chi connectivity index (χ1v) is 25.2. The molecule has 0 unspecified atom stereocenters. The lowest BCUT2D eigenvalue weighted by atomic mass is 9.90. The first-order chi connectivity index (χ1) is 22.6. The summed E-state index contributed by atoms with van der Waals surface area (Å²) in [7, 11) is -2.71. The van der Waals surface area contributed by atoms with Gasteiger partial charge in [0.15, 0.2) is 28.5 Å². The normalized spacial score (nSPS) is 26.0. The maximum Gasteiger partial charge on any atom is 0.255 e. The average molecular weight is 724 g/mol. The molecule has 0 radical (unpaired) electrons. The minimum absolute atomic E-state index is 0.0324. The van der Waals surface area contributed by atoms with Crippen molar-refractivity contribution >= 4 is 52.1 Å². The number of hydrogen-bond donors (Lipinski definition) is 0. The van der Waals surface area contributed by atoms with Gasteiger partial charge in [-0.05, 0) is 73.6 Å². The molecule has 47 heavy (non-hydrogen) atoms. The Hall–Kier alpha value is -0.636. The van der Waals surface area contributed by atoms with Crippen LogP contribution in [0.3, 0.4) is 0 Å². The molecular weight excluding hydrogens is 663 g/mol. The Labute approximate surface area is 295 Å². The lowest BCUT2D eigenvalue weighted by molar-refractivity contribution is -0.183. The lowest BCUT2D eigenvalue weighted by Crippen LogP contribution is -2.74. The van der Waals surface area contributed by atoms with Gasteiger partial charge in [0.1, 0.15) is 12.2 Å². The van der Waals surface area contributed by atoms with Crippen LogP contribution in [0, 0.1) is 0 Å². The van der Waals surface area contributed by atoms with Gasteiger partial charge in [-0.25, -0.2) is 0 Å². The van der Waals surface area contributed by atoms with Crippen LogP contribution in [-0.2, 0) is 27.9 Å². The predicted octanol–water partition coefficient (Wildman–Crippen LogP) is 8.42. The summed E-state index contributed by atoms with van der Waals surface area (Å²) in [4.78, 5) is 16.4. The molecule has 1 amide bonds. The molecule has 6 atom stereocenters. The molecule has 3 fully saturated rings. The van der Waals surface area contributed by atoms with Crippen molar-refractivity contribution in [1.29, 1.82) is 0 Å². The number of likely N-dealkylation sites (tertiary alicyclic amines) is 1. The van der Waals surface area contributed by atoms with Gasteiger partial charge in [-0.2, -0.15) is 0 Å². The van der Waals surface area contributed by atoms with Crippen LogP contribution in [0.25, 0.3) is 6.08 Å². The number of ether oxygens (including phenoxy) is 3. The summed E-state index contributed by atoms with van der Waals surface area (Å²) >= 11 is 3.94. The number of rotatable bonds is 18. The van der Waals surface area contributed by atoms with Crippen LogP contribution in [0.4, 0.5) is 0 Å². The third kappa shape index (κ3) is 9.00. The van der Waals surface area contributed by atoms with Crippen LogP contribution < -0.4 is 0 Å². The van der Waals surface area contributed by atoms with E-state index in [1.165, 1.54) is 6.42 Å². The number of methoxy groups -OCH3 is 1. The number of carbonyl (C=O) groups excluding carboxylic acids is 1. The number of thioether (sulfide) groups is 2. The van der Waals surface area contributed by atoms with Gasteiger partial charge >= 0.3 is 0 Å². The van der Waals surface area contributed by atoms with E-state index in [1.54, 1.807) is 7.11 Å². The molecule has 266 valence electrons. The number of nitrogens with zero attached hydrogens (tertiary/aromatic N) is 1. The Morgan fingerprint density at radius 1 is 0.936 bits per heavy atom. The van der Waals surface area contributed by atoms with Crippen LogP contribution in [0.5, 0.6) is 0 Å². The van der Waals surface area contributed by atoms with Crippen molar-refractivity contribution in [2.75, 3.05) is 25.2 Å². The summed E-state index contributed by atoms with van der Waals surface area (Å²) in [6.07, 6.45) is 3.91. The van der Waals surface area contributed by atoms with Crippen molar-refractivity contribution in [3.63, 3.8) is 0 Å². The number of carbonyl (C=O) groups is 1. The average Bonchev–Trinajstić information content (AvgIpc) is 3.47. The summed E-state index contributed by atoms with van der Waals surface area (Å²) in [5, 5.41) is 0. The molecule has 3 aliphatic rings. The van der Waals surface area contributed by atoms with Gasteiger partial charge in [0, 0.05) is 7.11 Å². The fourth-order valence-electron chi connectivity index (χ4n) is 7.34. The summed E-state index contributed by atoms with van der Waals surface area (Å²) in [5.41, 5.74) is 1.10. The molecule has 0 bridgehead atoms. The van der Waals surface area contributed by atoms with E-state index in [0.717, 1.165) is 53.3 Å². The van der Waals surface area contributed by atoms with E-state index < -0.39 is 28.5 Å². The predicted molar refractivity (Wildman–Crippen MR) is 203 cm³/mol. The molecule has 3 heterocycles. The van der Waals surface area contributed by atoms with E-state index in [-0.39, 0.29) is 40.9 Å². The largest absolute Gasteiger partial charge is 0.409 e. The topological polar surface area (TPSA) is 66.5 Å². The number of amides is 1. The molecule has 0 aliphatic carbocycles. The maximum absolute atomic E-state index is 14.3. The van der Waals surface area contributed by atoms with Gasteiger partial charge in [0.25, 0.3) is 5.91 Å². The first kappa shape index (κ1) is 39.2. The van der Waals surface area contributed by atoms with E-state index in [0.29, 0.717) is 6.61 Å². The van der Waals surface area contributed by atoms with Crippen molar-refractivity contribution in [3.8, 4) is 0 Å². The summed E-state index contributed by atoms with van der Waals surface area (Å²) in [5.74, 6) is 1.46. The Morgan fingerprint density at radius 3 is 2.02 bits per heavy atom. The molecule has 0 aromatic heterocycles. The third-order valence-corrected chi connectivity index (χ3v) is 23.2. The molecule has 0 spiro atoms. The fraction of sp³-hybridized carbons (Fsp3) is 0.750. The fourth-order valence-corrected chi connectivity index (χ4v) is 16.3. The van der Waals surface area contributed by atoms with Crippen molar-refractivity contribution in [3.05, 3.63) is 42.0 Å². The van der Waals surface area contributed by atoms with Crippen molar-refractivity contribution < 1.29 is 27.9 Å². The summed E-state index contributed by atoms with van der Waals surface area (Å²) in [6, 6.07) is 16.0. The van der Waals surface area contributed by atoms with Crippen LogP contribution >= 0.6 is 23.5 Å². The highest BCUT2D eigenvalue weighted by molar-refractivity contribution is 8.17. The lowest BCUT2D eigenvalue weighted by Gasteiger charge is -2.56. The third-order valence-electron chi connectivity index (χ3n) is 10.8. The van der Waals surface area contributed by atoms with Crippen LogP contribution in [0.2, 0.25) is 36.3 Å². The second kappa shape index (κ2) is 17.5. The second-order valence-corrected chi connectivity index (χ2v) is 25.9. The highest BCUT2D eigenvalue weighted by Crippen LogP contribution is 2.45. The minimum atomic E-state index is -2.20. The smallest absolute Gasteiger partial charge is 0.255 e. The molecule has 4 rings (SSSR count). The van der Waals surface area contributed by atoms with Crippen LogP contribution in [0.15, 0.2) is 36.4 Å². The molecule has 7 nitrogen and oxygen atoms in total. The van der Waals surface area contributed by atoms with E-state index >= 15 is 0 Å². The Kier molecular flexibility index (Phi) is 14.6.